The normalized spacial score (nSPS) is 15.7. The molecule has 1 aliphatic rings. The fraction of sp³-hybridized carbons (Fsp3) is 0.316. The topological polar surface area (TPSA) is 35.5 Å². The summed E-state index contributed by atoms with van der Waals surface area (Å²) in [5, 5.41) is 0. The van der Waals surface area contributed by atoms with Crippen LogP contribution in [0.25, 0.3) is 0 Å². The molecule has 3 rings (SSSR count). The molecule has 0 unspecified atom stereocenters. The Balaban J connectivity index is 1.92. The Bertz CT molecular complexity index is 652. The summed E-state index contributed by atoms with van der Waals surface area (Å²) in [6.45, 7) is 0. The van der Waals surface area contributed by atoms with Gasteiger partial charge in [-0.2, -0.15) is 0 Å². The maximum Gasteiger partial charge on any atom is 0.173 e. The minimum absolute atomic E-state index is 0.201. The summed E-state index contributed by atoms with van der Waals surface area (Å²) < 4.78 is 10.4. The fourth-order valence-corrected chi connectivity index (χ4v) is 3.11. The number of carbonyl (C=O) groups is 1. The molecule has 0 radical (unpaired) electrons. The van der Waals surface area contributed by atoms with Gasteiger partial charge in [0, 0.05) is 5.56 Å². The number of hydrogen-bond donors (Lipinski definition) is 0. The summed E-state index contributed by atoms with van der Waals surface area (Å²) in [4.78, 5) is 13.0. The van der Waals surface area contributed by atoms with Crippen molar-refractivity contribution >= 4 is 5.78 Å². The molecule has 1 aliphatic carbocycles. The Morgan fingerprint density at radius 2 is 1.36 bits per heavy atom. The molecule has 114 valence electrons. The SMILES string of the molecule is COc1ccc(C(=O)C2(c3ccc(OC)cc3)CCC2)cc1. The van der Waals surface area contributed by atoms with E-state index in [2.05, 4.69) is 0 Å². The zero-order valence-corrected chi connectivity index (χ0v) is 13.0. The van der Waals surface area contributed by atoms with Crippen LogP contribution in [-0.4, -0.2) is 20.0 Å². The monoisotopic (exact) mass is 296 g/mol. The van der Waals surface area contributed by atoms with Gasteiger partial charge in [0.1, 0.15) is 11.5 Å². The van der Waals surface area contributed by atoms with Crippen molar-refractivity contribution in [2.75, 3.05) is 14.2 Å². The Morgan fingerprint density at radius 3 is 1.77 bits per heavy atom. The summed E-state index contributed by atoms with van der Waals surface area (Å²) in [6, 6.07) is 15.3. The third-order valence-electron chi connectivity index (χ3n) is 4.64. The fourth-order valence-electron chi connectivity index (χ4n) is 3.11. The third kappa shape index (κ3) is 2.37. The van der Waals surface area contributed by atoms with Crippen LogP contribution in [0.5, 0.6) is 11.5 Å². The summed E-state index contributed by atoms with van der Waals surface area (Å²) in [5.41, 5.74) is 1.46. The average Bonchev–Trinajstić information content (AvgIpc) is 2.54. The highest BCUT2D eigenvalue weighted by atomic mass is 16.5. The number of ketones is 1. The first-order valence-corrected chi connectivity index (χ1v) is 7.53. The van der Waals surface area contributed by atoms with Gasteiger partial charge in [-0.15, -0.1) is 0 Å². The van der Waals surface area contributed by atoms with Crippen LogP contribution in [-0.2, 0) is 5.41 Å². The number of ether oxygens (including phenoxy) is 2. The van der Waals surface area contributed by atoms with Gasteiger partial charge in [0.2, 0.25) is 0 Å². The Labute approximate surface area is 130 Å². The lowest BCUT2D eigenvalue weighted by Gasteiger charge is -2.41. The van der Waals surface area contributed by atoms with Gasteiger partial charge in [-0.1, -0.05) is 18.6 Å². The van der Waals surface area contributed by atoms with E-state index in [9.17, 15) is 4.79 Å². The van der Waals surface area contributed by atoms with Crippen LogP contribution in [0.1, 0.15) is 35.2 Å². The van der Waals surface area contributed by atoms with Crippen molar-refractivity contribution in [3.63, 3.8) is 0 Å². The largest absolute Gasteiger partial charge is 0.497 e. The second-order valence-corrected chi connectivity index (χ2v) is 5.72. The molecule has 22 heavy (non-hydrogen) atoms. The van der Waals surface area contributed by atoms with E-state index in [1.54, 1.807) is 14.2 Å². The van der Waals surface area contributed by atoms with E-state index >= 15 is 0 Å². The Morgan fingerprint density at radius 1 is 0.864 bits per heavy atom. The molecule has 0 amide bonds. The summed E-state index contributed by atoms with van der Waals surface area (Å²) in [6.07, 6.45) is 2.91. The molecule has 0 bridgehead atoms. The van der Waals surface area contributed by atoms with E-state index in [1.807, 2.05) is 48.5 Å². The minimum Gasteiger partial charge on any atom is -0.497 e. The van der Waals surface area contributed by atoms with E-state index in [1.165, 1.54) is 0 Å². The summed E-state index contributed by atoms with van der Waals surface area (Å²) in [5.74, 6) is 1.78. The predicted octanol–water partition coefficient (Wildman–Crippen LogP) is 4.01. The molecule has 0 saturated heterocycles. The number of Topliss-reactive ketones (excluding diaryl/α,β-unsaturated/α-hetero) is 1. The molecule has 1 fully saturated rings. The first-order valence-electron chi connectivity index (χ1n) is 7.53. The molecule has 3 nitrogen and oxygen atoms in total. The van der Waals surface area contributed by atoms with Crippen molar-refractivity contribution in [2.45, 2.75) is 24.7 Å². The number of methoxy groups -OCH3 is 2. The van der Waals surface area contributed by atoms with E-state index < -0.39 is 0 Å². The van der Waals surface area contributed by atoms with Crippen LogP contribution < -0.4 is 9.47 Å². The maximum atomic E-state index is 13.0. The zero-order valence-electron chi connectivity index (χ0n) is 13.0. The van der Waals surface area contributed by atoms with Crippen molar-refractivity contribution in [2.24, 2.45) is 0 Å². The van der Waals surface area contributed by atoms with Crippen LogP contribution in [0.4, 0.5) is 0 Å². The highest BCUT2D eigenvalue weighted by Gasteiger charge is 2.45. The van der Waals surface area contributed by atoms with Crippen LogP contribution in [0.3, 0.4) is 0 Å². The first-order chi connectivity index (χ1) is 10.7. The summed E-state index contributed by atoms with van der Waals surface area (Å²) >= 11 is 0. The van der Waals surface area contributed by atoms with Gasteiger partial charge in [-0.3, -0.25) is 4.79 Å². The number of carbonyl (C=O) groups excluding carboxylic acids is 1. The number of benzene rings is 2. The molecule has 0 spiro atoms. The van der Waals surface area contributed by atoms with E-state index in [0.717, 1.165) is 41.9 Å². The first kappa shape index (κ1) is 14.6. The standard InChI is InChI=1S/C19H20O3/c1-21-16-8-4-14(5-9-16)18(20)19(12-3-13-19)15-6-10-17(22-2)11-7-15/h4-11H,3,12-13H2,1-2H3. The molecular weight excluding hydrogens is 276 g/mol. The predicted molar refractivity (Wildman–Crippen MR) is 85.8 cm³/mol. The van der Waals surface area contributed by atoms with Crippen molar-refractivity contribution in [3.05, 3.63) is 59.7 Å². The van der Waals surface area contributed by atoms with Crippen LogP contribution in [0.15, 0.2) is 48.5 Å². The molecule has 0 heterocycles. The molecule has 2 aromatic rings. The van der Waals surface area contributed by atoms with Gasteiger partial charge < -0.3 is 9.47 Å². The Hall–Kier alpha value is -2.29. The van der Waals surface area contributed by atoms with Gasteiger partial charge in [-0.05, 0) is 54.8 Å². The van der Waals surface area contributed by atoms with E-state index in [4.69, 9.17) is 9.47 Å². The van der Waals surface area contributed by atoms with Crippen molar-refractivity contribution in [1.82, 2.24) is 0 Å². The smallest absolute Gasteiger partial charge is 0.173 e. The lowest BCUT2D eigenvalue weighted by molar-refractivity contribution is 0.0788. The average molecular weight is 296 g/mol. The quantitative estimate of drug-likeness (QED) is 0.782. The van der Waals surface area contributed by atoms with Crippen molar-refractivity contribution < 1.29 is 14.3 Å². The molecule has 0 N–H and O–H groups in total. The maximum absolute atomic E-state index is 13.0. The summed E-state index contributed by atoms with van der Waals surface area (Å²) in [7, 11) is 3.28. The highest BCUT2D eigenvalue weighted by molar-refractivity contribution is 6.04. The molecule has 1 saturated carbocycles. The number of hydrogen-bond acceptors (Lipinski definition) is 3. The van der Waals surface area contributed by atoms with Crippen molar-refractivity contribution in [3.8, 4) is 11.5 Å². The van der Waals surface area contributed by atoms with Crippen molar-refractivity contribution in [1.29, 1.82) is 0 Å². The molecule has 0 aliphatic heterocycles. The number of rotatable bonds is 5. The second-order valence-electron chi connectivity index (χ2n) is 5.72. The van der Waals surface area contributed by atoms with Gasteiger partial charge >= 0.3 is 0 Å². The van der Waals surface area contributed by atoms with E-state index in [0.29, 0.717) is 0 Å². The molecule has 3 heteroatoms. The third-order valence-corrected chi connectivity index (χ3v) is 4.64. The second kappa shape index (κ2) is 5.84. The van der Waals surface area contributed by atoms with Crippen LogP contribution in [0.2, 0.25) is 0 Å². The highest BCUT2D eigenvalue weighted by Crippen LogP contribution is 2.46. The zero-order chi connectivity index (χ0) is 15.6. The van der Waals surface area contributed by atoms with Gasteiger partial charge in [0.05, 0.1) is 19.6 Å². The molecule has 2 aromatic carbocycles. The minimum atomic E-state index is -0.374. The Kier molecular flexibility index (Phi) is 3.88. The van der Waals surface area contributed by atoms with Gasteiger partial charge in [-0.25, -0.2) is 0 Å². The van der Waals surface area contributed by atoms with Gasteiger partial charge in [0.15, 0.2) is 5.78 Å². The lowest BCUT2D eigenvalue weighted by Crippen LogP contribution is -2.42. The lowest BCUT2D eigenvalue weighted by atomic mass is 9.61. The van der Waals surface area contributed by atoms with Crippen LogP contribution >= 0.6 is 0 Å². The van der Waals surface area contributed by atoms with Gasteiger partial charge in [0.25, 0.3) is 0 Å². The van der Waals surface area contributed by atoms with Crippen LogP contribution in [0, 0.1) is 0 Å². The van der Waals surface area contributed by atoms with E-state index in [-0.39, 0.29) is 11.2 Å². The molecule has 0 atom stereocenters. The molecular formula is C19H20O3. The molecule has 0 aromatic heterocycles.